The number of amides is 3. The molecule has 0 saturated carbocycles. The van der Waals surface area contributed by atoms with Gasteiger partial charge in [0.05, 0.1) is 30.4 Å². The molecule has 26 heavy (non-hydrogen) atoms. The number of nitrogens with zero attached hydrogens (tertiary/aromatic N) is 2. The molecule has 0 saturated heterocycles. The summed E-state index contributed by atoms with van der Waals surface area (Å²) in [5.74, 6) is -0.0254. The third-order valence-corrected chi connectivity index (χ3v) is 5.55. The van der Waals surface area contributed by atoms with Gasteiger partial charge in [0, 0.05) is 24.7 Å². The molecule has 0 bridgehead atoms. The van der Waals surface area contributed by atoms with E-state index >= 15 is 0 Å². The van der Waals surface area contributed by atoms with E-state index in [1.54, 1.807) is 16.2 Å². The van der Waals surface area contributed by atoms with Crippen LogP contribution < -0.4 is 15.5 Å². The summed E-state index contributed by atoms with van der Waals surface area (Å²) >= 11 is 1.63. The topological polar surface area (TPSA) is 64.7 Å². The summed E-state index contributed by atoms with van der Waals surface area (Å²) in [6, 6.07) is 11.2. The number of nitrogens with one attached hydrogen (secondary N) is 2. The van der Waals surface area contributed by atoms with E-state index < -0.39 is 6.04 Å². The Labute approximate surface area is 156 Å². The van der Waals surface area contributed by atoms with Gasteiger partial charge < -0.3 is 20.4 Å². The molecule has 7 heteroatoms. The minimum absolute atomic E-state index is 0.0254. The maximum Gasteiger partial charge on any atom is 0.319 e. The Hall–Kier alpha value is -2.80. The molecule has 0 unspecified atom stereocenters. The second kappa shape index (κ2) is 6.49. The van der Waals surface area contributed by atoms with Crippen molar-refractivity contribution in [1.82, 2.24) is 15.5 Å². The number of rotatable bonds is 4. The van der Waals surface area contributed by atoms with Gasteiger partial charge in [0.1, 0.15) is 0 Å². The highest BCUT2D eigenvalue weighted by molar-refractivity contribution is 7.09. The van der Waals surface area contributed by atoms with Gasteiger partial charge in [0.2, 0.25) is 0 Å². The van der Waals surface area contributed by atoms with E-state index in [-0.39, 0.29) is 11.9 Å². The first-order chi connectivity index (χ1) is 12.5. The van der Waals surface area contributed by atoms with Gasteiger partial charge in [-0.15, -0.1) is 11.3 Å². The molecule has 6 nitrogen and oxygen atoms in total. The maximum atomic E-state index is 13.0. The second-order valence-electron chi connectivity index (χ2n) is 6.65. The van der Waals surface area contributed by atoms with Crippen molar-refractivity contribution in [3.63, 3.8) is 0 Å². The van der Waals surface area contributed by atoms with Crippen LogP contribution in [0.5, 0.6) is 0 Å². The fourth-order valence-corrected chi connectivity index (χ4v) is 4.08. The van der Waals surface area contributed by atoms with E-state index in [9.17, 15) is 9.59 Å². The fraction of sp³-hybridized carbons (Fsp3) is 0.263. The van der Waals surface area contributed by atoms with Gasteiger partial charge in [0.15, 0.2) is 0 Å². The van der Waals surface area contributed by atoms with Crippen molar-refractivity contribution in [2.24, 2.45) is 0 Å². The molecule has 2 aliphatic rings. The van der Waals surface area contributed by atoms with Gasteiger partial charge in [0.25, 0.3) is 5.91 Å². The first-order valence-electron chi connectivity index (χ1n) is 8.42. The Balaban J connectivity index is 1.62. The number of hydrogen-bond acceptors (Lipinski definition) is 4. The zero-order valence-electron chi connectivity index (χ0n) is 14.7. The third kappa shape index (κ3) is 2.94. The lowest BCUT2D eigenvalue weighted by atomic mass is 9.96. The standard InChI is InChI=1S/C19H20N4O2S/c1-22(2)13-7-5-12(6-8-13)17-16-15(20-19(25)21-17)11-23(18(16)24)10-14-4-3-9-26-14/h3-9,17H,10-11H2,1-2H3,(H2,20,21,25)/t17-/m1/s1. The molecule has 1 aromatic heterocycles. The minimum atomic E-state index is -0.421. The van der Waals surface area contributed by atoms with E-state index in [4.69, 9.17) is 0 Å². The molecule has 4 rings (SSSR count). The fourth-order valence-electron chi connectivity index (χ4n) is 3.36. The lowest BCUT2D eigenvalue weighted by Crippen LogP contribution is -2.44. The highest BCUT2D eigenvalue weighted by Gasteiger charge is 2.40. The van der Waals surface area contributed by atoms with E-state index in [1.165, 1.54) is 0 Å². The molecule has 2 aliphatic heterocycles. The lowest BCUT2D eigenvalue weighted by molar-refractivity contribution is -0.126. The molecule has 0 fully saturated rings. The van der Waals surface area contributed by atoms with Crippen LogP contribution in [0.25, 0.3) is 0 Å². The molecule has 1 atom stereocenters. The number of urea groups is 1. The lowest BCUT2D eigenvalue weighted by Gasteiger charge is -2.26. The normalized spacial score (nSPS) is 19.3. The summed E-state index contributed by atoms with van der Waals surface area (Å²) in [4.78, 5) is 30.0. The van der Waals surface area contributed by atoms with Crippen LogP contribution in [0.1, 0.15) is 16.5 Å². The van der Waals surface area contributed by atoms with Gasteiger partial charge in [-0.2, -0.15) is 0 Å². The van der Waals surface area contributed by atoms with Crippen LogP contribution >= 0.6 is 11.3 Å². The number of anilines is 1. The van der Waals surface area contributed by atoms with Crippen molar-refractivity contribution >= 4 is 29.0 Å². The SMILES string of the molecule is CN(C)c1ccc([C@H]2NC(=O)NC3=C2C(=O)N(Cc2cccs2)C3)cc1. The summed E-state index contributed by atoms with van der Waals surface area (Å²) in [5, 5.41) is 7.71. The van der Waals surface area contributed by atoms with Crippen LogP contribution in [0.4, 0.5) is 10.5 Å². The molecule has 0 spiro atoms. The van der Waals surface area contributed by atoms with E-state index in [1.807, 2.05) is 60.8 Å². The molecular formula is C19H20N4O2S. The van der Waals surface area contributed by atoms with Crippen LogP contribution in [0, 0.1) is 0 Å². The Morgan fingerprint density at radius 1 is 1.19 bits per heavy atom. The summed E-state index contributed by atoms with van der Waals surface area (Å²) in [6.45, 7) is 0.997. The van der Waals surface area contributed by atoms with Crippen molar-refractivity contribution in [2.75, 3.05) is 25.5 Å². The van der Waals surface area contributed by atoms with E-state index in [2.05, 4.69) is 10.6 Å². The van der Waals surface area contributed by atoms with Crippen molar-refractivity contribution < 1.29 is 9.59 Å². The number of carbonyl (C=O) groups excluding carboxylic acids is 2. The zero-order valence-corrected chi connectivity index (χ0v) is 15.5. The zero-order chi connectivity index (χ0) is 18.3. The summed E-state index contributed by atoms with van der Waals surface area (Å²) in [5.41, 5.74) is 3.32. The molecule has 3 heterocycles. The van der Waals surface area contributed by atoms with Crippen LogP contribution in [-0.2, 0) is 11.3 Å². The largest absolute Gasteiger partial charge is 0.378 e. The molecule has 0 aliphatic carbocycles. The monoisotopic (exact) mass is 368 g/mol. The summed E-state index contributed by atoms with van der Waals surface area (Å²) in [7, 11) is 3.95. The van der Waals surface area contributed by atoms with Crippen molar-refractivity contribution in [2.45, 2.75) is 12.6 Å². The predicted molar refractivity (Wildman–Crippen MR) is 102 cm³/mol. The smallest absolute Gasteiger partial charge is 0.319 e. The van der Waals surface area contributed by atoms with E-state index in [0.29, 0.717) is 24.4 Å². The minimum Gasteiger partial charge on any atom is -0.378 e. The number of benzene rings is 1. The molecule has 134 valence electrons. The highest BCUT2D eigenvalue weighted by atomic mass is 32.1. The Kier molecular flexibility index (Phi) is 4.16. The molecule has 3 amide bonds. The number of hydrogen-bond donors (Lipinski definition) is 2. The highest BCUT2D eigenvalue weighted by Crippen LogP contribution is 2.34. The molecule has 1 aromatic carbocycles. The first-order valence-corrected chi connectivity index (χ1v) is 9.30. The van der Waals surface area contributed by atoms with Crippen molar-refractivity contribution in [3.8, 4) is 0 Å². The average Bonchev–Trinajstić information content (AvgIpc) is 3.23. The summed E-state index contributed by atoms with van der Waals surface area (Å²) < 4.78 is 0. The van der Waals surface area contributed by atoms with Crippen LogP contribution in [0.15, 0.2) is 53.0 Å². The van der Waals surface area contributed by atoms with Crippen molar-refractivity contribution in [1.29, 1.82) is 0 Å². The molecular weight excluding hydrogens is 348 g/mol. The van der Waals surface area contributed by atoms with Gasteiger partial charge in [-0.1, -0.05) is 18.2 Å². The third-order valence-electron chi connectivity index (χ3n) is 4.69. The van der Waals surface area contributed by atoms with E-state index in [0.717, 1.165) is 16.1 Å². The van der Waals surface area contributed by atoms with Crippen molar-refractivity contribution in [3.05, 3.63) is 63.5 Å². The Morgan fingerprint density at radius 3 is 2.62 bits per heavy atom. The van der Waals surface area contributed by atoms with Gasteiger partial charge >= 0.3 is 6.03 Å². The second-order valence-corrected chi connectivity index (χ2v) is 7.68. The van der Waals surface area contributed by atoms with Crippen LogP contribution in [-0.4, -0.2) is 37.5 Å². The quantitative estimate of drug-likeness (QED) is 0.871. The predicted octanol–water partition coefficient (Wildman–Crippen LogP) is 2.46. The van der Waals surface area contributed by atoms with Crippen LogP contribution in [0.3, 0.4) is 0 Å². The molecule has 2 aromatic rings. The average molecular weight is 368 g/mol. The molecule has 0 radical (unpaired) electrons. The Bertz CT molecular complexity index is 871. The van der Waals surface area contributed by atoms with Gasteiger partial charge in [-0.05, 0) is 29.1 Å². The van der Waals surface area contributed by atoms with Crippen LogP contribution in [0.2, 0.25) is 0 Å². The summed E-state index contributed by atoms with van der Waals surface area (Å²) in [6.07, 6.45) is 0. The first kappa shape index (κ1) is 16.7. The van der Waals surface area contributed by atoms with Gasteiger partial charge in [-0.25, -0.2) is 4.79 Å². The Morgan fingerprint density at radius 2 is 1.96 bits per heavy atom. The number of thiophene rings is 1. The maximum absolute atomic E-state index is 13.0. The number of carbonyl (C=O) groups is 2. The molecule has 2 N–H and O–H groups in total. The van der Waals surface area contributed by atoms with Gasteiger partial charge in [-0.3, -0.25) is 4.79 Å².